The van der Waals surface area contributed by atoms with Crippen LogP contribution in [0.15, 0.2) is 0 Å². The normalized spacial score (nSPS) is 21.6. The zero-order chi connectivity index (χ0) is 9.90. The molecule has 0 aromatic heterocycles. The van der Waals surface area contributed by atoms with Gasteiger partial charge in [0.1, 0.15) is 0 Å². The molecule has 0 amide bonds. The van der Waals surface area contributed by atoms with Crippen molar-refractivity contribution in [3.8, 4) is 0 Å². The molecule has 0 aromatic carbocycles. The molecule has 0 bridgehead atoms. The molecule has 13 heavy (non-hydrogen) atoms. The summed E-state index contributed by atoms with van der Waals surface area (Å²) in [7, 11) is -3.03. The van der Waals surface area contributed by atoms with Crippen molar-refractivity contribution in [3.63, 3.8) is 0 Å². The SMILES string of the molecule is CS(=O)(=O)N1CCC(C[C]=O)CC1. The average molecular weight is 204 g/mol. The Morgan fingerprint density at radius 2 is 1.92 bits per heavy atom. The van der Waals surface area contributed by atoms with E-state index in [1.165, 1.54) is 10.6 Å². The van der Waals surface area contributed by atoms with E-state index in [4.69, 9.17) is 0 Å². The zero-order valence-corrected chi connectivity index (χ0v) is 8.51. The average Bonchev–Trinajstić information content (AvgIpc) is 2.04. The Balaban J connectivity index is 2.43. The Kier molecular flexibility index (Phi) is 3.44. The first-order chi connectivity index (χ1) is 6.04. The minimum absolute atomic E-state index is 0.329. The number of nitrogens with zero attached hydrogens (tertiary/aromatic N) is 1. The largest absolute Gasteiger partial charge is 0.291 e. The van der Waals surface area contributed by atoms with Crippen LogP contribution in [0.2, 0.25) is 0 Å². The van der Waals surface area contributed by atoms with E-state index in [1.807, 2.05) is 6.29 Å². The molecule has 0 atom stereocenters. The highest BCUT2D eigenvalue weighted by Gasteiger charge is 2.24. The molecule has 0 aliphatic carbocycles. The van der Waals surface area contributed by atoms with E-state index < -0.39 is 10.0 Å². The maximum absolute atomic E-state index is 11.1. The number of rotatable bonds is 3. The van der Waals surface area contributed by atoms with Crippen molar-refractivity contribution < 1.29 is 13.2 Å². The molecular weight excluding hydrogens is 190 g/mol. The predicted molar refractivity (Wildman–Crippen MR) is 49.5 cm³/mol. The van der Waals surface area contributed by atoms with Gasteiger partial charge in [-0.3, -0.25) is 4.79 Å². The third kappa shape index (κ3) is 3.08. The van der Waals surface area contributed by atoms with Crippen LogP contribution in [0.1, 0.15) is 19.3 Å². The molecule has 1 saturated heterocycles. The highest BCUT2D eigenvalue weighted by atomic mass is 32.2. The third-order valence-corrected chi connectivity index (χ3v) is 3.72. The summed E-state index contributed by atoms with van der Waals surface area (Å²) in [5.41, 5.74) is 0. The second-order valence-corrected chi connectivity index (χ2v) is 5.44. The Hall–Kier alpha value is -0.420. The van der Waals surface area contributed by atoms with Crippen molar-refractivity contribution in [2.75, 3.05) is 19.3 Å². The van der Waals surface area contributed by atoms with Crippen molar-refractivity contribution >= 4 is 16.3 Å². The highest BCUT2D eigenvalue weighted by Crippen LogP contribution is 2.20. The summed E-state index contributed by atoms with van der Waals surface area (Å²) in [5.74, 6) is 0.329. The molecule has 1 fully saturated rings. The lowest BCUT2D eigenvalue weighted by Gasteiger charge is -2.28. The van der Waals surface area contributed by atoms with Gasteiger partial charge >= 0.3 is 0 Å². The summed E-state index contributed by atoms with van der Waals surface area (Å²) in [5, 5.41) is 0. The molecule has 1 radical (unpaired) electrons. The molecule has 75 valence electrons. The highest BCUT2D eigenvalue weighted by molar-refractivity contribution is 7.88. The first kappa shape index (κ1) is 10.7. The van der Waals surface area contributed by atoms with Crippen LogP contribution in [-0.2, 0) is 14.8 Å². The third-order valence-electron chi connectivity index (χ3n) is 2.41. The second kappa shape index (κ2) is 4.19. The Labute approximate surface area is 79.0 Å². The van der Waals surface area contributed by atoms with Crippen LogP contribution in [0.5, 0.6) is 0 Å². The first-order valence-electron chi connectivity index (χ1n) is 4.34. The van der Waals surface area contributed by atoms with Crippen LogP contribution in [-0.4, -0.2) is 38.4 Å². The molecule has 1 aliphatic heterocycles. The standard InChI is InChI=1S/C8H14NO3S/c1-13(11,12)9-5-2-8(3-6-9)4-7-10/h8H,2-6H2,1H3. The van der Waals surface area contributed by atoms with Gasteiger partial charge in [0.25, 0.3) is 0 Å². The maximum Gasteiger partial charge on any atom is 0.211 e. The quantitative estimate of drug-likeness (QED) is 0.658. The van der Waals surface area contributed by atoms with Gasteiger partial charge in [0.15, 0.2) is 6.29 Å². The number of carbonyl (C=O) groups excluding carboxylic acids is 1. The summed E-state index contributed by atoms with van der Waals surface area (Å²) in [4.78, 5) is 10.1. The molecule has 0 N–H and O–H groups in total. The van der Waals surface area contributed by atoms with Gasteiger partial charge in [0.2, 0.25) is 10.0 Å². The van der Waals surface area contributed by atoms with Crippen molar-refractivity contribution in [3.05, 3.63) is 0 Å². The van der Waals surface area contributed by atoms with Gasteiger partial charge in [-0.2, -0.15) is 0 Å². The van der Waals surface area contributed by atoms with Crippen LogP contribution in [0.25, 0.3) is 0 Å². The Morgan fingerprint density at radius 3 is 2.31 bits per heavy atom. The van der Waals surface area contributed by atoms with E-state index in [0.29, 0.717) is 25.4 Å². The van der Waals surface area contributed by atoms with Crippen LogP contribution < -0.4 is 0 Å². The van der Waals surface area contributed by atoms with Gasteiger partial charge in [0.05, 0.1) is 6.26 Å². The van der Waals surface area contributed by atoms with Gasteiger partial charge < -0.3 is 0 Å². The Morgan fingerprint density at radius 1 is 1.38 bits per heavy atom. The topological polar surface area (TPSA) is 54.5 Å². The van der Waals surface area contributed by atoms with Crippen molar-refractivity contribution in [2.45, 2.75) is 19.3 Å². The van der Waals surface area contributed by atoms with Gasteiger partial charge in [0, 0.05) is 19.5 Å². The van der Waals surface area contributed by atoms with Gasteiger partial charge in [-0.15, -0.1) is 0 Å². The van der Waals surface area contributed by atoms with E-state index in [9.17, 15) is 13.2 Å². The smallest absolute Gasteiger partial charge is 0.211 e. The fraction of sp³-hybridized carbons (Fsp3) is 0.875. The number of hydrogen-bond donors (Lipinski definition) is 0. The maximum atomic E-state index is 11.1. The Bertz CT molecular complexity index is 265. The summed E-state index contributed by atoms with van der Waals surface area (Å²) < 4.78 is 23.7. The van der Waals surface area contributed by atoms with E-state index in [1.54, 1.807) is 0 Å². The minimum Gasteiger partial charge on any atom is -0.291 e. The molecule has 1 heterocycles. The molecule has 1 rings (SSSR count). The van der Waals surface area contributed by atoms with E-state index in [-0.39, 0.29) is 0 Å². The number of sulfonamides is 1. The van der Waals surface area contributed by atoms with E-state index in [2.05, 4.69) is 0 Å². The molecule has 0 spiro atoms. The molecular formula is C8H14NO3S. The summed E-state index contributed by atoms with van der Waals surface area (Å²) in [6.45, 7) is 1.09. The lowest BCUT2D eigenvalue weighted by Crippen LogP contribution is -2.37. The van der Waals surface area contributed by atoms with Gasteiger partial charge in [-0.25, -0.2) is 12.7 Å². The molecule has 0 aromatic rings. The molecule has 0 unspecified atom stereocenters. The van der Waals surface area contributed by atoms with Crippen LogP contribution >= 0.6 is 0 Å². The van der Waals surface area contributed by atoms with Gasteiger partial charge in [-0.05, 0) is 18.8 Å². The fourth-order valence-electron chi connectivity index (χ4n) is 1.56. The number of piperidine rings is 1. The zero-order valence-electron chi connectivity index (χ0n) is 7.69. The summed E-state index contributed by atoms with van der Waals surface area (Å²) in [6, 6.07) is 0. The first-order valence-corrected chi connectivity index (χ1v) is 6.19. The molecule has 5 heteroatoms. The monoisotopic (exact) mass is 204 g/mol. The molecule has 4 nitrogen and oxygen atoms in total. The van der Waals surface area contributed by atoms with Crippen LogP contribution in [0.4, 0.5) is 0 Å². The van der Waals surface area contributed by atoms with Crippen molar-refractivity contribution in [2.24, 2.45) is 5.92 Å². The number of hydrogen-bond acceptors (Lipinski definition) is 3. The van der Waals surface area contributed by atoms with E-state index >= 15 is 0 Å². The lowest BCUT2D eigenvalue weighted by atomic mass is 9.95. The predicted octanol–water partition coefficient (Wildman–Crippen LogP) is 0.158. The minimum atomic E-state index is -3.03. The van der Waals surface area contributed by atoms with Crippen LogP contribution in [0, 0.1) is 5.92 Å². The van der Waals surface area contributed by atoms with Crippen LogP contribution in [0.3, 0.4) is 0 Å². The lowest BCUT2D eigenvalue weighted by molar-refractivity contribution is 0.278. The summed E-state index contributed by atoms with van der Waals surface area (Å²) in [6.07, 6.45) is 5.10. The second-order valence-electron chi connectivity index (χ2n) is 3.45. The van der Waals surface area contributed by atoms with Crippen molar-refractivity contribution in [1.29, 1.82) is 0 Å². The van der Waals surface area contributed by atoms with E-state index in [0.717, 1.165) is 12.8 Å². The van der Waals surface area contributed by atoms with Gasteiger partial charge in [-0.1, -0.05) is 0 Å². The molecule has 0 saturated carbocycles. The molecule has 1 aliphatic rings. The van der Waals surface area contributed by atoms with Crippen molar-refractivity contribution in [1.82, 2.24) is 4.31 Å². The summed E-state index contributed by atoms with van der Waals surface area (Å²) >= 11 is 0. The fourth-order valence-corrected chi connectivity index (χ4v) is 2.44.